The number of amides is 2. The SMILES string of the molecule is CCCC(=O)N(C=O)OC(=O)OC(C)C1c2ccc(N3CCCC3)cc2C(C)(C)c2cc(N3CCCC3)ccc21. The first-order valence-electron chi connectivity index (χ1n) is 14.7. The van der Waals surface area contributed by atoms with Gasteiger partial charge in [0, 0.05) is 55.3 Å². The maximum absolute atomic E-state index is 12.8. The average molecular weight is 548 g/mol. The number of benzene rings is 2. The maximum atomic E-state index is 12.8. The molecule has 8 heteroatoms. The number of ether oxygens (including phenoxy) is 1. The van der Waals surface area contributed by atoms with Crippen molar-refractivity contribution >= 4 is 29.8 Å². The Morgan fingerprint density at radius 2 is 1.45 bits per heavy atom. The van der Waals surface area contributed by atoms with Gasteiger partial charge in [-0.2, -0.15) is 0 Å². The molecule has 1 aliphatic carbocycles. The molecule has 2 fully saturated rings. The largest absolute Gasteiger partial charge is 0.534 e. The summed E-state index contributed by atoms with van der Waals surface area (Å²) >= 11 is 0. The van der Waals surface area contributed by atoms with Gasteiger partial charge in [0.05, 0.1) is 0 Å². The van der Waals surface area contributed by atoms with Gasteiger partial charge in [0.1, 0.15) is 6.10 Å². The number of imide groups is 1. The number of fused-ring (bicyclic) bond motifs is 2. The minimum atomic E-state index is -1.07. The fraction of sp³-hybridized carbons (Fsp3) is 0.531. The van der Waals surface area contributed by atoms with Gasteiger partial charge in [-0.1, -0.05) is 32.9 Å². The van der Waals surface area contributed by atoms with Gasteiger partial charge < -0.3 is 14.5 Å². The van der Waals surface area contributed by atoms with Crippen molar-refractivity contribution < 1.29 is 24.0 Å². The molecule has 0 bridgehead atoms. The van der Waals surface area contributed by atoms with Crippen LogP contribution in [0.5, 0.6) is 0 Å². The zero-order chi connectivity index (χ0) is 28.4. The van der Waals surface area contributed by atoms with Crippen LogP contribution in [-0.4, -0.2) is 55.8 Å². The van der Waals surface area contributed by atoms with Gasteiger partial charge in [-0.05, 0) is 85.5 Å². The molecule has 2 heterocycles. The van der Waals surface area contributed by atoms with E-state index < -0.39 is 18.2 Å². The molecule has 8 nitrogen and oxygen atoms in total. The molecule has 0 spiro atoms. The van der Waals surface area contributed by atoms with Gasteiger partial charge in [-0.15, -0.1) is 5.06 Å². The van der Waals surface area contributed by atoms with E-state index in [9.17, 15) is 14.4 Å². The highest BCUT2D eigenvalue weighted by Crippen LogP contribution is 2.50. The average Bonchev–Trinajstić information content (AvgIpc) is 3.67. The summed E-state index contributed by atoms with van der Waals surface area (Å²) in [4.78, 5) is 46.2. The van der Waals surface area contributed by atoms with Gasteiger partial charge in [0.25, 0.3) is 12.3 Å². The molecule has 2 amide bonds. The molecule has 0 N–H and O–H groups in total. The third kappa shape index (κ3) is 5.28. The molecule has 0 saturated carbocycles. The Kier molecular flexibility index (Phi) is 8.06. The molecule has 2 aromatic rings. The van der Waals surface area contributed by atoms with E-state index in [-0.39, 0.29) is 24.2 Å². The predicted molar refractivity (Wildman–Crippen MR) is 155 cm³/mol. The molecule has 3 aliphatic rings. The van der Waals surface area contributed by atoms with E-state index in [1.54, 1.807) is 0 Å². The van der Waals surface area contributed by atoms with Crippen molar-refractivity contribution in [3.05, 3.63) is 58.7 Å². The van der Waals surface area contributed by atoms with Gasteiger partial charge >= 0.3 is 6.16 Å². The van der Waals surface area contributed by atoms with Crippen molar-refractivity contribution in [2.75, 3.05) is 36.0 Å². The molecule has 214 valence electrons. The van der Waals surface area contributed by atoms with Crippen LogP contribution < -0.4 is 9.80 Å². The Labute approximate surface area is 237 Å². The highest BCUT2D eigenvalue weighted by molar-refractivity contribution is 5.86. The normalized spacial score (nSPS) is 18.6. The van der Waals surface area contributed by atoms with E-state index in [1.807, 2.05) is 13.8 Å². The van der Waals surface area contributed by atoms with Crippen LogP contribution in [0.2, 0.25) is 0 Å². The summed E-state index contributed by atoms with van der Waals surface area (Å²) in [6.07, 6.45) is 3.98. The number of hydroxylamine groups is 2. The second-order valence-electron chi connectivity index (χ2n) is 11.8. The first-order valence-corrected chi connectivity index (χ1v) is 14.7. The van der Waals surface area contributed by atoms with Crippen molar-refractivity contribution in [2.45, 2.75) is 83.7 Å². The van der Waals surface area contributed by atoms with Gasteiger partial charge in [0.2, 0.25) is 0 Å². The Balaban J connectivity index is 1.51. The molecule has 1 unspecified atom stereocenters. The van der Waals surface area contributed by atoms with Crippen molar-refractivity contribution in [3.63, 3.8) is 0 Å². The van der Waals surface area contributed by atoms with Crippen molar-refractivity contribution in [1.29, 1.82) is 0 Å². The zero-order valence-electron chi connectivity index (χ0n) is 24.2. The summed E-state index contributed by atoms with van der Waals surface area (Å²) in [5.41, 5.74) is 6.88. The lowest BCUT2D eigenvalue weighted by atomic mass is 9.64. The first kappa shape index (κ1) is 28.0. The highest BCUT2D eigenvalue weighted by Gasteiger charge is 2.41. The third-order valence-corrected chi connectivity index (χ3v) is 8.76. The number of carbonyl (C=O) groups is 3. The lowest BCUT2D eigenvalue weighted by Gasteiger charge is -2.42. The first-order chi connectivity index (χ1) is 19.2. The van der Waals surface area contributed by atoms with Crippen LogP contribution in [0.15, 0.2) is 36.4 Å². The van der Waals surface area contributed by atoms with E-state index in [4.69, 9.17) is 9.57 Å². The maximum Gasteiger partial charge on any atom is 0.534 e. The minimum Gasteiger partial charge on any atom is -0.429 e. The monoisotopic (exact) mass is 547 g/mol. The number of rotatable bonds is 7. The number of hydrogen-bond donors (Lipinski definition) is 0. The van der Waals surface area contributed by atoms with E-state index in [1.165, 1.54) is 48.2 Å². The standard InChI is InChI=1S/C32H41N3O5/c1-5-10-29(37)35(21-36)40-31(38)39-22(2)30-25-13-11-23(33-15-6-7-16-33)19-27(25)32(3,4)28-20-24(12-14-26(28)30)34-17-8-9-18-34/h11-14,19-22,30H,5-10,15-18H2,1-4H3. The Bertz CT molecular complexity index is 1190. The number of carbonyl (C=O) groups excluding carboxylic acids is 3. The number of hydrogen-bond acceptors (Lipinski definition) is 7. The molecule has 0 radical (unpaired) electrons. The van der Waals surface area contributed by atoms with Crippen LogP contribution in [0.4, 0.5) is 16.2 Å². The van der Waals surface area contributed by atoms with E-state index in [0.717, 1.165) is 37.3 Å². The topological polar surface area (TPSA) is 79.4 Å². The summed E-state index contributed by atoms with van der Waals surface area (Å²) in [5, 5.41) is 0.426. The molecule has 40 heavy (non-hydrogen) atoms. The highest BCUT2D eigenvalue weighted by atomic mass is 16.8. The smallest absolute Gasteiger partial charge is 0.429 e. The second kappa shape index (κ2) is 11.5. The third-order valence-electron chi connectivity index (χ3n) is 8.76. The molecule has 2 saturated heterocycles. The fourth-order valence-corrected chi connectivity index (χ4v) is 6.65. The second-order valence-corrected chi connectivity index (χ2v) is 11.8. The Morgan fingerprint density at radius 3 is 1.90 bits per heavy atom. The van der Waals surface area contributed by atoms with Crippen LogP contribution in [0.25, 0.3) is 0 Å². The zero-order valence-corrected chi connectivity index (χ0v) is 24.2. The van der Waals surface area contributed by atoms with Gasteiger partial charge in [-0.25, -0.2) is 4.79 Å². The molecule has 0 aromatic heterocycles. The Hall–Kier alpha value is -3.55. The van der Waals surface area contributed by atoms with Crippen LogP contribution in [0.3, 0.4) is 0 Å². The summed E-state index contributed by atoms with van der Waals surface area (Å²) in [6.45, 7) is 12.5. The van der Waals surface area contributed by atoms with Crippen molar-refractivity contribution in [1.82, 2.24) is 5.06 Å². The minimum absolute atomic E-state index is 0.0960. The number of anilines is 2. The molecule has 2 aromatic carbocycles. The molecular weight excluding hydrogens is 506 g/mol. The number of nitrogens with zero attached hydrogens (tertiary/aromatic N) is 3. The molecule has 2 aliphatic heterocycles. The van der Waals surface area contributed by atoms with E-state index in [2.05, 4.69) is 60.0 Å². The van der Waals surface area contributed by atoms with Crippen molar-refractivity contribution in [3.8, 4) is 0 Å². The summed E-state index contributed by atoms with van der Waals surface area (Å²) in [7, 11) is 0. The lowest BCUT2D eigenvalue weighted by molar-refractivity contribution is -0.177. The van der Waals surface area contributed by atoms with Crippen LogP contribution in [0, 0.1) is 0 Å². The van der Waals surface area contributed by atoms with Gasteiger partial charge in [-0.3, -0.25) is 14.4 Å². The van der Waals surface area contributed by atoms with Crippen LogP contribution in [-0.2, 0) is 24.6 Å². The van der Waals surface area contributed by atoms with E-state index >= 15 is 0 Å². The van der Waals surface area contributed by atoms with Crippen molar-refractivity contribution in [2.24, 2.45) is 0 Å². The molecular formula is C32H41N3O5. The fourth-order valence-electron chi connectivity index (χ4n) is 6.65. The quantitative estimate of drug-likeness (QED) is 0.243. The Morgan fingerprint density at radius 1 is 0.950 bits per heavy atom. The summed E-state index contributed by atoms with van der Waals surface area (Å²) < 4.78 is 5.76. The van der Waals surface area contributed by atoms with Crippen LogP contribution >= 0.6 is 0 Å². The van der Waals surface area contributed by atoms with Gasteiger partial charge in [0.15, 0.2) is 0 Å². The predicted octanol–water partition coefficient (Wildman–Crippen LogP) is 5.90. The van der Waals surface area contributed by atoms with E-state index in [0.29, 0.717) is 11.5 Å². The molecule has 1 atom stereocenters. The van der Waals surface area contributed by atoms with Crippen LogP contribution in [0.1, 0.15) is 94.4 Å². The summed E-state index contributed by atoms with van der Waals surface area (Å²) in [5.74, 6) is -0.817. The summed E-state index contributed by atoms with van der Waals surface area (Å²) in [6, 6.07) is 13.4. The lowest BCUT2D eigenvalue weighted by Crippen LogP contribution is -2.37. The molecule has 5 rings (SSSR count).